The summed E-state index contributed by atoms with van der Waals surface area (Å²) in [6, 6.07) is 2.03. The summed E-state index contributed by atoms with van der Waals surface area (Å²) in [7, 11) is 0. The average molecular weight is 348 g/mol. The first-order valence-electron chi connectivity index (χ1n) is 9.48. The Labute approximate surface area is 149 Å². The van der Waals surface area contributed by atoms with Gasteiger partial charge in [0.25, 0.3) is 0 Å². The van der Waals surface area contributed by atoms with Crippen LogP contribution < -0.4 is 0 Å². The number of morpholine rings is 1. The van der Waals surface area contributed by atoms with Crippen molar-refractivity contribution in [2.24, 2.45) is 5.92 Å². The van der Waals surface area contributed by atoms with Crippen LogP contribution in [0.2, 0.25) is 0 Å². The van der Waals surface area contributed by atoms with Gasteiger partial charge in [-0.15, -0.1) is 0 Å². The Hall–Kier alpha value is -1.37. The first-order chi connectivity index (χ1) is 12.2. The summed E-state index contributed by atoms with van der Waals surface area (Å²) in [5.74, 6) is 0.347. The van der Waals surface area contributed by atoms with Gasteiger partial charge in [-0.1, -0.05) is 0 Å². The number of ether oxygens (including phenoxy) is 2. The Morgan fingerprint density at radius 1 is 1.24 bits per heavy atom. The lowest BCUT2D eigenvalue weighted by molar-refractivity contribution is -0.136. The van der Waals surface area contributed by atoms with Crippen LogP contribution in [0.25, 0.3) is 0 Å². The Balaban J connectivity index is 1.36. The standard InChI is InChI=1S/C19H28N2O4/c22-18(17-3-10-24-14-17)21-6-1-4-19(5-7-21)15-20(8-11-25-19)12-16-2-9-23-13-16/h2,9,13,17H,1,3-8,10-12,14-15H2. The molecule has 0 saturated carbocycles. The smallest absolute Gasteiger partial charge is 0.228 e. The van der Waals surface area contributed by atoms with Gasteiger partial charge in [-0.3, -0.25) is 9.69 Å². The number of carbonyl (C=O) groups excluding carboxylic acids is 1. The number of nitrogens with zero attached hydrogens (tertiary/aromatic N) is 2. The summed E-state index contributed by atoms with van der Waals surface area (Å²) in [5, 5.41) is 0. The van der Waals surface area contributed by atoms with Gasteiger partial charge >= 0.3 is 0 Å². The minimum absolute atomic E-state index is 0.0684. The van der Waals surface area contributed by atoms with Gasteiger partial charge in [-0.25, -0.2) is 0 Å². The number of likely N-dealkylation sites (tertiary alicyclic amines) is 1. The molecule has 0 radical (unpaired) electrons. The van der Waals surface area contributed by atoms with Crippen LogP contribution in [-0.2, 0) is 20.8 Å². The van der Waals surface area contributed by atoms with Crippen LogP contribution in [0.15, 0.2) is 23.0 Å². The van der Waals surface area contributed by atoms with Crippen LogP contribution in [-0.4, -0.2) is 67.3 Å². The van der Waals surface area contributed by atoms with Gasteiger partial charge in [0.1, 0.15) is 0 Å². The van der Waals surface area contributed by atoms with Crippen molar-refractivity contribution in [1.29, 1.82) is 0 Å². The highest BCUT2D eigenvalue weighted by atomic mass is 16.5. The molecule has 0 N–H and O–H groups in total. The SMILES string of the molecule is O=C(C1CCOC1)N1CCCC2(CC1)CN(Cc1ccoc1)CCO2. The van der Waals surface area contributed by atoms with E-state index in [9.17, 15) is 4.79 Å². The Morgan fingerprint density at radius 3 is 3.00 bits per heavy atom. The Bertz CT molecular complexity index is 570. The van der Waals surface area contributed by atoms with E-state index in [4.69, 9.17) is 13.9 Å². The number of amides is 1. The molecule has 1 aromatic heterocycles. The summed E-state index contributed by atoms with van der Waals surface area (Å²) in [6.07, 6.45) is 7.38. The molecule has 3 saturated heterocycles. The van der Waals surface area contributed by atoms with E-state index in [0.29, 0.717) is 6.61 Å². The van der Waals surface area contributed by atoms with Crippen LogP contribution in [0.5, 0.6) is 0 Å². The maximum atomic E-state index is 12.7. The molecule has 6 heteroatoms. The minimum atomic E-state index is -0.108. The molecule has 138 valence electrons. The van der Waals surface area contributed by atoms with Crippen molar-refractivity contribution in [3.63, 3.8) is 0 Å². The molecule has 1 amide bonds. The summed E-state index contributed by atoms with van der Waals surface area (Å²) in [4.78, 5) is 17.2. The zero-order valence-corrected chi connectivity index (χ0v) is 14.8. The number of hydrogen-bond donors (Lipinski definition) is 0. The molecule has 1 aromatic rings. The zero-order valence-electron chi connectivity index (χ0n) is 14.8. The molecule has 0 aromatic carbocycles. The zero-order chi connectivity index (χ0) is 17.1. The van der Waals surface area contributed by atoms with Gasteiger partial charge in [-0.2, -0.15) is 0 Å². The highest BCUT2D eigenvalue weighted by molar-refractivity contribution is 5.79. The second-order valence-corrected chi connectivity index (χ2v) is 7.61. The van der Waals surface area contributed by atoms with Crippen LogP contribution >= 0.6 is 0 Å². The molecular formula is C19H28N2O4. The van der Waals surface area contributed by atoms with Crippen molar-refractivity contribution in [1.82, 2.24) is 9.80 Å². The van der Waals surface area contributed by atoms with E-state index >= 15 is 0 Å². The fourth-order valence-corrected chi connectivity index (χ4v) is 4.38. The van der Waals surface area contributed by atoms with E-state index in [-0.39, 0.29) is 17.4 Å². The molecule has 25 heavy (non-hydrogen) atoms. The molecule has 6 nitrogen and oxygen atoms in total. The van der Waals surface area contributed by atoms with E-state index in [1.165, 1.54) is 5.56 Å². The van der Waals surface area contributed by atoms with E-state index in [1.807, 2.05) is 17.2 Å². The lowest BCUT2D eigenvalue weighted by Crippen LogP contribution is -2.52. The van der Waals surface area contributed by atoms with Crippen LogP contribution in [0.4, 0.5) is 0 Å². The maximum Gasteiger partial charge on any atom is 0.228 e. The lowest BCUT2D eigenvalue weighted by atomic mass is 9.92. The van der Waals surface area contributed by atoms with Crippen molar-refractivity contribution >= 4 is 5.91 Å². The molecule has 3 aliphatic heterocycles. The van der Waals surface area contributed by atoms with Crippen molar-refractivity contribution in [2.75, 3.05) is 46.0 Å². The molecule has 2 atom stereocenters. The van der Waals surface area contributed by atoms with Crippen LogP contribution in [0.1, 0.15) is 31.2 Å². The minimum Gasteiger partial charge on any atom is -0.472 e. The molecule has 0 bridgehead atoms. The number of rotatable bonds is 3. The average Bonchev–Trinajstić information content (AvgIpc) is 3.28. The topological polar surface area (TPSA) is 55.2 Å². The molecule has 1 spiro atoms. The monoisotopic (exact) mass is 348 g/mol. The number of carbonyl (C=O) groups is 1. The van der Waals surface area contributed by atoms with Gasteiger partial charge in [0, 0.05) is 44.9 Å². The van der Waals surface area contributed by atoms with E-state index < -0.39 is 0 Å². The van der Waals surface area contributed by atoms with E-state index in [1.54, 1.807) is 6.26 Å². The van der Waals surface area contributed by atoms with Gasteiger partial charge in [-0.05, 0) is 31.7 Å². The Morgan fingerprint density at radius 2 is 2.20 bits per heavy atom. The van der Waals surface area contributed by atoms with Gasteiger partial charge < -0.3 is 18.8 Å². The van der Waals surface area contributed by atoms with Crippen molar-refractivity contribution in [2.45, 2.75) is 37.8 Å². The van der Waals surface area contributed by atoms with E-state index in [0.717, 1.165) is 71.6 Å². The molecule has 0 aliphatic carbocycles. The number of furan rings is 1. The summed E-state index contributed by atoms with van der Waals surface area (Å²) in [5.41, 5.74) is 1.10. The van der Waals surface area contributed by atoms with Gasteiger partial charge in [0.05, 0.1) is 37.3 Å². The van der Waals surface area contributed by atoms with Gasteiger partial charge in [0.15, 0.2) is 0 Å². The molecule has 3 aliphatic rings. The first-order valence-corrected chi connectivity index (χ1v) is 9.48. The molecule has 4 rings (SSSR count). The second-order valence-electron chi connectivity index (χ2n) is 7.61. The second kappa shape index (κ2) is 7.48. The normalized spacial score (nSPS) is 31.4. The third-order valence-corrected chi connectivity index (χ3v) is 5.80. The highest BCUT2D eigenvalue weighted by Gasteiger charge is 2.39. The molecular weight excluding hydrogens is 320 g/mol. The third kappa shape index (κ3) is 3.91. The number of hydrogen-bond acceptors (Lipinski definition) is 5. The predicted molar refractivity (Wildman–Crippen MR) is 92.0 cm³/mol. The Kier molecular flexibility index (Phi) is 5.10. The van der Waals surface area contributed by atoms with Crippen LogP contribution in [0.3, 0.4) is 0 Å². The molecule has 2 unspecified atom stereocenters. The van der Waals surface area contributed by atoms with Crippen LogP contribution in [0, 0.1) is 5.92 Å². The molecule has 4 heterocycles. The maximum absolute atomic E-state index is 12.7. The first kappa shape index (κ1) is 17.1. The largest absolute Gasteiger partial charge is 0.472 e. The summed E-state index contributed by atoms with van der Waals surface area (Å²) in [6.45, 7) is 6.53. The highest BCUT2D eigenvalue weighted by Crippen LogP contribution is 2.31. The summed E-state index contributed by atoms with van der Waals surface area (Å²) >= 11 is 0. The fourth-order valence-electron chi connectivity index (χ4n) is 4.38. The van der Waals surface area contributed by atoms with E-state index in [2.05, 4.69) is 4.90 Å². The third-order valence-electron chi connectivity index (χ3n) is 5.80. The predicted octanol–water partition coefficient (Wildman–Crippen LogP) is 1.90. The van der Waals surface area contributed by atoms with Crippen molar-refractivity contribution in [3.05, 3.63) is 24.2 Å². The molecule has 3 fully saturated rings. The quantitative estimate of drug-likeness (QED) is 0.835. The summed E-state index contributed by atoms with van der Waals surface area (Å²) < 4.78 is 16.8. The fraction of sp³-hybridized carbons (Fsp3) is 0.737. The lowest BCUT2D eigenvalue weighted by Gasteiger charge is -2.42. The van der Waals surface area contributed by atoms with Gasteiger partial charge in [0.2, 0.25) is 5.91 Å². The van der Waals surface area contributed by atoms with Crippen molar-refractivity contribution in [3.8, 4) is 0 Å². The van der Waals surface area contributed by atoms with Crippen molar-refractivity contribution < 1.29 is 18.7 Å².